The van der Waals surface area contributed by atoms with Crippen LogP contribution in [0.4, 0.5) is 0 Å². The monoisotopic (exact) mass is 235 g/mol. The first-order valence-electron chi connectivity index (χ1n) is 5.55. The first kappa shape index (κ1) is 12.9. The van der Waals surface area contributed by atoms with Crippen molar-refractivity contribution in [3.05, 3.63) is 24.3 Å². The van der Waals surface area contributed by atoms with E-state index in [1.54, 1.807) is 11.8 Å². The summed E-state index contributed by atoms with van der Waals surface area (Å²) in [5, 5.41) is 8.83. The van der Waals surface area contributed by atoms with E-state index in [-0.39, 0.29) is 5.92 Å². The summed E-state index contributed by atoms with van der Waals surface area (Å²) in [7, 11) is 0. The number of nitrogens with zero attached hydrogens (tertiary/aromatic N) is 1. The maximum absolute atomic E-state index is 8.83. The summed E-state index contributed by atoms with van der Waals surface area (Å²) in [6.45, 7) is 4.72. The Hall–Kier alpha value is -1.14. The van der Waals surface area contributed by atoms with Crippen LogP contribution in [0.5, 0.6) is 5.75 Å². The van der Waals surface area contributed by atoms with Gasteiger partial charge in [0.25, 0.3) is 0 Å². The van der Waals surface area contributed by atoms with Crippen LogP contribution in [0, 0.1) is 17.2 Å². The lowest BCUT2D eigenvalue weighted by molar-refractivity contribution is 0.340. The van der Waals surface area contributed by atoms with Crippen molar-refractivity contribution in [3.8, 4) is 11.8 Å². The first-order chi connectivity index (χ1) is 7.80. The maximum atomic E-state index is 8.83. The largest absolute Gasteiger partial charge is 0.494 e. The number of hydrogen-bond donors (Lipinski definition) is 0. The molecule has 0 aliphatic rings. The Kier molecular flexibility index (Phi) is 5.81. The summed E-state index contributed by atoms with van der Waals surface area (Å²) in [5.41, 5.74) is 0. The van der Waals surface area contributed by atoms with Crippen LogP contribution in [0.3, 0.4) is 0 Å². The van der Waals surface area contributed by atoms with Crippen LogP contribution in [0.25, 0.3) is 0 Å². The number of nitriles is 1. The van der Waals surface area contributed by atoms with Gasteiger partial charge in [-0.05, 0) is 37.6 Å². The lowest BCUT2D eigenvalue weighted by atomic mass is 10.1. The van der Waals surface area contributed by atoms with Gasteiger partial charge in [-0.1, -0.05) is 6.92 Å². The van der Waals surface area contributed by atoms with E-state index < -0.39 is 0 Å². The van der Waals surface area contributed by atoms with E-state index in [0.717, 1.165) is 17.9 Å². The highest BCUT2D eigenvalue weighted by Crippen LogP contribution is 2.24. The number of benzene rings is 1. The Balaban J connectivity index is 2.46. The minimum absolute atomic E-state index is 0.150. The maximum Gasteiger partial charge on any atom is 0.119 e. The van der Waals surface area contributed by atoms with E-state index in [0.29, 0.717) is 6.61 Å². The van der Waals surface area contributed by atoms with Crippen LogP contribution >= 0.6 is 11.8 Å². The average Bonchev–Trinajstić information content (AvgIpc) is 2.33. The molecule has 0 heterocycles. The van der Waals surface area contributed by atoms with E-state index in [1.165, 1.54) is 4.90 Å². The topological polar surface area (TPSA) is 33.0 Å². The van der Waals surface area contributed by atoms with Crippen LogP contribution in [-0.4, -0.2) is 12.4 Å². The van der Waals surface area contributed by atoms with Crippen molar-refractivity contribution in [2.24, 2.45) is 5.92 Å². The van der Waals surface area contributed by atoms with Gasteiger partial charge in [0.2, 0.25) is 0 Å². The molecule has 1 atom stereocenters. The first-order valence-corrected chi connectivity index (χ1v) is 6.54. The lowest BCUT2D eigenvalue weighted by Crippen LogP contribution is -1.97. The Bertz CT molecular complexity index is 342. The van der Waals surface area contributed by atoms with Gasteiger partial charge in [-0.2, -0.15) is 5.26 Å². The predicted molar refractivity (Wildman–Crippen MR) is 67.7 cm³/mol. The molecule has 0 saturated carbocycles. The van der Waals surface area contributed by atoms with Crippen molar-refractivity contribution in [2.45, 2.75) is 25.2 Å². The summed E-state index contributed by atoms with van der Waals surface area (Å²) in [6, 6.07) is 10.3. The van der Waals surface area contributed by atoms with E-state index in [4.69, 9.17) is 10.00 Å². The van der Waals surface area contributed by atoms with E-state index >= 15 is 0 Å². The molecule has 3 heteroatoms. The van der Waals surface area contributed by atoms with Gasteiger partial charge in [0, 0.05) is 10.6 Å². The van der Waals surface area contributed by atoms with E-state index in [9.17, 15) is 0 Å². The van der Waals surface area contributed by atoms with E-state index in [1.807, 2.05) is 38.1 Å². The lowest BCUT2D eigenvalue weighted by Gasteiger charge is -2.07. The predicted octanol–water partition coefficient (Wildman–Crippen LogP) is 3.73. The molecule has 0 aliphatic carbocycles. The van der Waals surface area contributed by atoms with Crippen molar-refractivity contribution in [1.82, 2.24) is 0 Å². The fourth-order valence-electron chi connectivity index (χ4n) is 1.24. The molecule has 1 rings (SSSR count). The van der Waals surface area contributed by atoms with Crippen LogP contribution in [0.15, 0.2) is 29.2 Å². The summed E-state index contributed by atoms with van der Waals surface area (Å²) in [6.07, 6.45) is 0.917. The summed E-state index contributed by atoms with van der Waals surface area (Å²) < 4.78 is 5.37. The number of thioether (sulfide) groups is 1. The molecule has 0 fully saturated rings. The van der Waals surface area contributed by atoms with Crippen LogP contribution in [0.1, 0.15) is 20.3 Å². The van der Waals surface area contributed by atoms with Gasteiger partial charge < -0.3 is 4.74 Å². The fraction of sp³-hybridized carbons (Fsp3) is 0.462. The highest BCUT2D eigenvalue weighted by atomic mass is 32.2. The smallest absolute Gasteiger partial charge is 0.119 e. The second kappa shape index (κ2) is 7.19. The highest BCUT2D eigenvalue weighted by Gasteiger charge is 2.05. The molecule has 0 aromatic heterocycles. The quantitative estimate of drug-likeness (QED) is 0.704. The van der Waals surface area contributed by atoms with Crippen molar-refractivity contribution in [1.29, 1.82) is 5.26 Å². The zero-order valence-corrected chi connectivity index (χ0v) is 10.6. The molecule has 0 amide bonds. The van der Waals surface area contributed by atoms with Crippen LogP contribution < -0.4 is 4.74 Å². The van der Waals surface area contributed by atoms with E-state index in [2.05, 4.69) is 6.07 Å². The minimum Gasteiger partial charge on any atom is -0.494 e. The third-order valence-corrected chi connectivity index (χ3v) is 3.44. The number of hydrogen-bond acceptors (Lipinski definition) is 3. The van der Waals surface area contributed by atoms with Gasteiger partial charge in [0.05, 0.1) is 18.6 Å². The van der Waals surface area contributed by atoms with Crippen molar-refractivity contribution < 1.29 is 4.74 Å². The second-order valence-corrected chi connectivity index (χ2v) is 4.54. The molecular formula is C13H17NOS. The molecule has 1 aromatic rings. The molecule has 2 nitrogen and oxygen atoms in total. The Morgan fingerprint density at radius 3 is 2.50 bits per heavy atom. The third kappa shape index (κ3) is 4.16. The van der Waals surface area contributed by atoms with Gasteiger partial charge in [-0.15, -0.1) is 11.8 Å². The Morgan fingerprint density at radius 1 is 1.31 bits per heavy atom. The Morgan fingerprint density at radius 2 is 2.00 bits per heavy atom. The third-order valence-electron chi connectivity index (χ3n) is 2.26. The summed E-state index contributed by atoms with van der Waals surface area (Å²) in [4.78, 5) is 1.19. The molecule has 0 bridgehead atoms. The SMILES string of the molecule is CCOc1ccc(SCC(C#N)CC)cc1. The zero-order chi connectivity index (χ0) is 11.8. The summed E-state index contributed by atoms with van der Waals surface area (Å²) in [5.74, 6) is 1.91. The van der Waals surface area contributed by atoms with Gasteiger partial charge >= 0.3 is 0 Å². The Labute approximate surface area is 102 Å². The molecule has 0 aliphatic heterocycles. The number of rotatable bonds is 6. The molecular weight excluding hydrogens is 218 g/mol. The number of ether oxygens (including phenoxy) is 1. The standard InChI is InChI=1S/C13H17NOS/c1-3-11(9-14)10-16-13-7-5-12(6-8-13)15-4-2/h5-8,11H,3-4,10H2,1-2H3. The normalized spacial score (nSPS) is 11.8. The highest BCUT2D eigenvalue weighted by molar-refractivity contribution is 7.99. The molecule has 1 aromatic carbocycles. The zero-order valence-electron chi connectivity index (χ0n) is 9.77. The van der Waals surface area contributed by atoms with Crippen LogP contribution in [0.2, 0.25) is 0 Å². The molecule has 86 valence electrons. The van der Waals surface area contributed by atoms with Gasteiger partial charge in [-0.25, -0.2) is 0 Å². The molecule has 0 N–H and O–H groups in total. The molecule has 0 saturated heterocycles. The van der Waals surface area contributed by atoms with Gasteiger partial charge in [-0.3, -0.25) is 0 Å². The molecule has 16 heavy (non-hydrogen) atoms. The average molecular weight is 235 g/mol. The van der Waals surface area contributed by atoms with Crippen molar-refractivity contribution in [3.63, 3.8) is 0 Å². The van der Waals surface area contributed by atoms with Gasteiger partial charge in [0.1, 0.15) is 5.75 Å². The molecule has 1 unspecified atom stereocenters. The molecule has 0 radical (unpaired) electrons. The second-order valence-electron chi connectivity index (χ2n) is 3.45. The van der Waals surface area contributed by atoms with Crippen molar-refractivity contribution in [2.75, 3.05) is 12.4 Å². The summed E-state index contributed by atoms with van der Waals surface area (Å²) >= 11 is 1.73. The fourth-order valence-corrected chi connectivity index (χ4v) is 2.27. The molecule has 0 spiro atoms. The van der Waals surface area contributed by atoms with Gasteiger partial charge in [0.15, 0.2) is 0 Å². The minimum atomic E-state index is 0.150. The van der Waals surface area contributed by atoms with Crippen molar-refractivity contribution >= 4 is 11.8 Å². The van der Waals surface area contributed by atoms with Crippen LogP contribution in [-0.2, 0) is 0 Å².